The number of anilines is 3. The highest BCUT2D eigenvalue weighted by molar-refractivity contribution is 6.15. The Morgan fingerprint density at radius 3 is 1.71 bits per heavy atom. The number of hydrogen-bond donors (Lipinski definition) is 10. The number of urea groups is 1. The number of hydrogen-bond acceptors (Lipinski definition) is 30. The van der Waals surface area contributed by atoms with E-state index < -0.39 is 91.2 Å². The van der Waals surface area contributed by atoms with E-state index in [0.717, 1.165) is 63.5 Å². The fourth-order valence-electron chi connectivity index (χ4n) is 12.7. The predicted octanol–water partition coefficient (Wildman–Crippen LogP) is 3.78. The van der Waals surface area contributed by atoms with Crippen molar-refractivity contribution < 1.29 is 139 Å². The number of pyridine rings is 1. The minimum Gasteiger partial charge on any atom is -0.479 e. The molecule has 126 heavy (non-hydrogen) atoms. The molecule has 1 aliphatic carbocycles. The molecule has 0 radical (unpaired) electrons. The van der Waals surface area contributed by atoms with E-state index in [2.05, 4.69) is 42.2 Å². The van der Waals surface area contributed by atoms with Crippen LogP contribution in [0, 0.1) is 0 Å². The van der Waals surface area contributed by atoms with E-state index in [0.29, 0.717) is 162 Å². The number of ether oxygens (including phenoxy) is 15. The first kappa shape index (κ1) is 105. The van der Waals surface area contributed by atoms with Gasteiger partial charge in [0, 0.05) is 132 Å². The number of carboxylic acids is 1. The topological polar surface area (TPSA) is 509 Å². The number of aliphatic hydroxyl groups excluding tert-OH is 1. The van der Waals surface area contributed by atoms with Gasteiger partial charge in [-0.1, -0.05) is 38.2 Å². The van der Waals surface area contributed by atoms with Gasteiger partial charge in [-0.15, -0.1) is 0 Å². The number of imide groups is 1. The van der Waals surface area contributed by atoms with Gasteiger partial charge in [-0.3, -0.25) is 58.4 Å². The maximum absolute atomic E-state index is 14.0. The summed E-state index contributed by atoms with van der Waals surface area (Å²) in [6.45, 7) is 9.14. The number of unbranched alkanes of at least 4 members (excludes halogenated alkanes) is 4. The normalized spacial score (nSPS) is 15.6. The minimum atomic E-state index is -1.48. The second-order valence-electron chi connectivity index (χ2n) is 29.2. The van der Waals surface area contributed by atoms with Crippen molar-refractivity contribution in [2.24, 2.45) is 5.73 Å². The van der Waals surface area contributed by atoms with E-state index >= 15 is 0 Å². The molecule has 704 valence electrons. The molecule has 6 rings (SSSR count). The first-order chi connectivity index (χ1) is 61.3. The molecule has 0 spiro atoms. The molecule has 5 atom stereocenters. The fraction of sp³-hybridized carbons (Fsp3) is 0.647. The maximum Gasteiger partial charge on any atom is 0.411 e. The third kappa shape index (κ3) is 45.2. The molecule has 2 aromatic carbocycles. The second-order valence-corrected chi connectivity index (χ2v) is 29.2. The highest BCUT2D eigenvalue weighted by atomic mass is 16.7. The Kier molecular flexibility index (Phi) is 54.4. The minimum absolute atomic E-state index is 0.00269. The summed E-state index contributed by atoms with van der Waals surface area (Å²) in [6.07, 6.45) is 8.34. The van der Waals surface area contributed by atoms with Crippen LogP contribution in [0.2, 0.25) is 0 Å². The molecule has 1 saturated carbocycles. The van der Waals surface area contributed by atoms with Gasteiger partial charge in [0.2, 0.25) is 35.8 Å². The van der Waals surface area contributed by atoms with E-state index in [-0.39, 0.29) is 143 Å². The third-order valence-electron chi connectivity index (χ3n) is 19.4. The lowest BCUT2D eigenvalue weighted by Crippen LogP contribution is -2.57. The van der Waals surface area contributed by atoms with Crippen molar-refractivity contribution in [1.29, 1.82) is 0 Å². The number of carbonyl (C=O) groups is 11. The third-order valence-corrected chi connectivity index (χ3v) is 19.4. The summed E-state index contributed by atoms with van der Waals surface area (Å²) >= 11 is 0. The number of nitrogens with one attached hydrogen (secondary N) is 7. The number of carbonyl (C=O) groups excluding carboxylic acids is 10. The molecule has 2 fully saturated rings. The van der Waals surface area contributed by atoms with Crippen LogP contribution < -0.4 is 47.7 Å². The summed E-state index contributed by atoms with van der Waals surface area (Å²) in [7, 11) is 3.22. The van der Waals surface area contributed by atoms with Crippen LogP contribution in [-0.4, -0.2) is 337 Å². The lowest BCUT2D eigenvalue weighted by Gasteiger charge is -2.33. The highest BCUT2D eigenvalue weighted by Crippen LogP contribution is 2.30. The van der Waals surface area contributed by atoms with E-state index in [1.807, 2.05) is 0 Å². The van der Waals surface area contributed by atoms with Gasteiger partial charge in [0.15, 0.2) is 6.10 Å². The number of nitrogens with zero attached hydrogens (tertiary/aromatic N) is 4. The van der Waals surface area contributed by atoms with E-state index in [1.165, 1.54) is 34.2 Å². The van der Waals surface area contributed by atoms with E-state index in [1.54, 1.807) is 56.9 Å². The summed E-state index contributed by atoms with van der Waals surface area (Å²) in [6, 6.07) is 10.6. The Balaban J connectivity index is 0.869. The van der Waals surface area contributed by atoms with Crippen molar-refractivity contribution in [2.45, 2.75) is 152 Å². The molecule has 41 heteroatoms. The van der Waals surface area contributed by atoms with Crippen LogP contribution in [-0.2, 0) is 116 Å². The zero-order valence-electron chi connectivity index (χ0n) is 72.5. The van der Waals surface area contributed by atoms with Gasteiger partial charge in [0.1, 0.15) is 24.4 Å². The van der Waals surface area contributed by atoms with Gasteiger partial charge in [-0.2, -0.15) is 0 Å². The number of rotatable bonds is 70. The number of methoxy groups -OCH3 is 1. The van der Waals surface area contributed by atoms with Crippen molar-refractivity contribution >= 4 is 82.4 Å². The first-order valence-corrected chi connectivity index (χ1v) is 43.1. The number of likely N-dealkylation sites (N-methyl/N-ethyl adjacent to an activating group) is 1. The molecule has 11 N–H and O–H groups in total. The molecular weight excluding hydrogens is 1650 g/mol. The average Bonchev–Trinajstić information content (AvgIpc) is 1.67. The first-order valence-electron chi connectivity index (χ1n) is 43.1. The van der Waals surface area contributed by atoms with Crippen molar-refractivity contribution in [3.63, 3.8) is 0 Å². The van der Waals surface area contributed by atoms with Gasteiger partial charge in [-0.05, 0) is 87.4 Å². The quantitative estimate of drug-likeness (QED) is 0.0218. The summed E-state index contributed by atoms with van der Waals surface area (Å²) in [5.41, 5.74) is 7.21. The van der Waals surface area contributed by atoms with Crippen molar-refractivity contribution in [1.82, 2.24) is 41.1 Å². The molecule has 3 aliphatic rings. The average molecular weight is 1780 g/mol. The number of aliphatic carboxylic acids is 1. The lowest BCUT2D eigenvalue weighted by molar-refractivity contribution is -0.204. The van der Waals surface area contributed by atoms with E-state index in [9.17, 15) is 63.0 Å². The number of carboxylic acid groups (broad SMARTS) is 1. The van der Waals surface area contributed by atoms with E-state index in [4.69, 9.17) is 81.6 Å². The fourth-order valence-corrected chi connectivity index (χ4v) is 12.7. The van der Waals surface area contributed by atoms with Gasteiger partial charge < -0.3 is 124 Å². The molecule has 41 nitrogen and oxygen atoms in total. The van der Waals surface area contributed by atoms with Gasteiger partial charge >= 0.3 is 18.1 Å². The Morgan fingerprint density at radius 2 is 1.13 bits per heavy atom. The molecule has 1 aromatic heterocycles. The Hall–Kier alpha value is -9.54. The smallest absolute Gasteiger partial charge is 0.411 e. The Bertz CT molecular complexity index is 3690. The second kappa shape index (κ2) is 65.1. The van der Waals surface area contributed by atoms with Crippen LogP contribution in [0.5, 0.6) is 5.75 Å². The predicted molar refractivity (Wildman–Crippen MR) is 454 cm³/mol. The Morgan fingerprint density at radius 1 is 0.571 bits per heavy atom. The number of amides is 11. The van der Waals surface area contributed by atoms with Crippen LogP contribution in [0.4, 0.5) is 26.7 Å². The van der Waals surface area contributed by atoms with Gasteiger partial charge in [0.05, 0.1) is 176 Å². The zero-order chi connectivity index (χ0) is 90.4. The van der Waals surface area contributed by atoms with Crippen LogP contribution in [0.3, 0.4) is 0 Å². The molecule has 1 saturated heterocycles. The van der Waals surface area contributed by atoms with Crippen LogP contribution in [0.1, 0.15) is 125 Å². The number of nitrogens with two attached hydrogens (primary N) is 1. The van der Waals surface area contributed by atoms with Crippen LogP contribution >= 0.6 is 0 Å². The standard InChI is InChI=1S/C85H130N12O29/c1-95(32-34-124-97(67-15-6-5-7-16-67)78(103)18-8-3-4-10-28-90-84(109)91-65-23-29-87-30-24-65)82(106)63-13-12-14-66(57-63)92-85(110)123-62-64-19-20-69(125-79-59-68(98)58-73(126-79)83(107)108)60-71(64)93-75(100)25-31-89-80(104)70(94-81(105)72(61-86)96-76(101)21-22-77(96)102)17-9-11-27-88-74(99)26-33-112-37-38-114-41-42-116-45-46-118-49-50-120-53-54-122-56-55-121-52-51-119-48-47-117-44-43-115-40-39-113-36-35-111-2/h12-14,19-24,29-30,57,60,67-68,70,72-73,79,98H,3-11,15-18,25-28,31-56,58-59,61-62,86H2,1-2H3,(H,88,99)(H,89,104)(H,92,110)(H,93,100)(H,94,105)(H,107,108)(H2,87,90,91,109)/t68-,70-,72-,73-,79+/m0/s1. The highest BCUT2D eigenvalue weighted by Gasteiger charge is 2.38. The zero-order valence-corrected chi connectivity index (χ0v) is 72.5. The van der Waals surface area contributed by atoms with Gasteiger partial charge in [-0.25, -0.2) is 19.4 Å². The maximum atomic E-state index is 14.0. The summed E-state index contributed by atoms with van der Waals surface area (Å²) in [5, 5.41) is 40.6. The molecule has 3 heterocycles. The number of aliphatic hydroxyl groups is 1. The largest absolute Gasteiger partial charge is 0.479 e. The summed E-state index contributed by atoms with van der Waals surface area (Å²) in [4.78, 5) is 157. The molecule has 2 aliphatic heterocycles. The van der Waals surface area contributed by atoms with Crippen LogP contribution in [0.15, 0.2) is 79.1 Å². The molecule has 0 unspecified atom stereocenters. The van der Waals surface area contributed by atoms with Crippen molar-refractivity contribution in [2.75, 3.05) is 221 Å². The van der Waals surface area contributed by atoms with Crippen molar-refractivity contribution in [3.8, 4) is 5.75 Å². The van der Waals surface area contributed by atoms with Crippen molar-refractivity contribution in [3.05, 3.63) is 90.3 Å². The SMILES string of the molecule is COCCOCCOCCOCCOCCOCCOCCOCCOCCOCCOCCOCCC(=O)NCCCC[C@H](NC(=O)[C@H](CN)N1C(=O)C=CC1=O)C(=O)NCCC(=O)Nc1cc(O[C@H]2C[C@@H](O)C[C@@H](C(=O)O)O2)ccc1COC(=O)Nc1cccc(C(=O)N(C)CCON(C(=O)CCCCCCNC(=O)Nc2ccncc2)C2CCCCC2)c1. The molecule has 0 bridgehead atoms. The Labute approximate surface area is 734 Å². The summed E-state index contributed by atoms with van der Waals surface area (Å²) in [5.74, 6) is -5.98. The lowest BCUT2D eigenvalue weighted by atomic mass is 9.95. The van der Waals surface area contributed by atoms with Gasteiger partial charge in [0.25, 0.3) is 17.7 Å². The number of benzene rings is 2. The molecular formula is C85H130N12O29. The molecule has 11 amide bonds. The molecule has 3 aromatic rings. The number of aromatic nitrogens is 1. The monoisotopic (exact) mass is 1780 g/mol. The summed E-state index contributed by atoms with van der Waals surface area (Å²) < 4.78 is 82.5. The number of hydroxylamine groups is 2. The van der Waals surface area contributed by atoms with Crippen LogP contribution in [0.25, 0.3) is 0 Å².